The van der Waals surface area contributed by atoms with Gasteiger partial charge in [-0.3, -0.25) is 5.32 Å². The summed E-state index contributed by atoms with van der Waals surface area (Å²) in [4.78, 5) is 20.4. The standard InChI is InChI=1S/C4H8ClN3O2/c5-1-2-7-4(10)8-3(6)9/h1-2H2,(H4,6,7,8,9,10). The van der Waals surface area contributed by atoms with Crippen LogP contribution >= 0.6 is 11.6 Å². The van der Waals surface area contributed by atoms with Crippen LogP contribution in [-0.2, 0) is 0 Å². The Balaban J connectivity index is 3.35. The van der Waals surface area contributed by atoms with E-state index in [0.717, 1.165) is 0 Å². The molecule has 0 spiro atoms. The summed E-state index contributed by atoms with van der Waals surface area (Å²) in [7, 11) is 0. The lowest BCUT2D eigenvalue weighted by Gasteiger charge is -2.00. The van der Waals surface area contributed by atoms with Crippen molar-refractivity contribution in [2.75, 3.05) is 12.4 Å². The highest BCUT2D eigenvalue weighted by Gasteiger charge is 1.99. The van der Waals surface area contributed by atoms with E-state index in [4.69, 9.17) is 11.6 Å². The van der Waals surface area contributed by atoms with Crippen molar-refractivity contribution in [2.45, 2.75) is 0 Å². The van der Waals surface area contributed by atoms with Crippen molar-refractivity contribution in [2.24, 2.45) is 5.73 Å². The van der Waals surface area contributed by atoms with Gasteiger partial charge in [0.1, 0.15) is 0 Å². The zero-order valence-electron chi connectivity index (χ0n) is 5.19. The van der Waals surface area contributed by atoms with E-state index in [1.54, 1.807) is 0 Å². The number of amides is 4. The molecule has 0 aromatic carbocycles. The molecule has 4 amide bonds. The first kappa shape index (κ1) is 9.03. The molecule has 4 N–H and O–H groups in total. The minimum atomic E-state index is -0.882. The van der Waals surface area contributed by atoms with Crippen molar-refractivity contribution in [3.05, 3.63) is 0 Å². The molecule has 0 saturated carbocycles. The summed E-state index contributed by atoms with van der Waals surface area (Å²) < 4.78 is 0. The van der Waals surface area contributed by atoms with Crippen LogP contribution in [0.5, 0.6) is 0 Å². The van der Waals surface area contributed by atoms with Gasteiger partial charge in [0.25, 0.3) is 0 Å². The Morgan fingerprint density at radius 1 is 1.50 bits per heavy atom. The Hall–Kier alpha value is -0.970. The van der Waals surface area contributed by atoms with Gasteiger partial charge in [-0.15, -0.1) is 11.6 Å². The number of nitrogens with one attached hydrogen (secondary N) is 2. The van der Waals surface area contributed by atoms with Crippen molar-refractivity contribution in [1.82, 2.24) is 10.6 Å². The maximum Gasteiger partial charge on any atom is 0.322 e. The first-order valence-corrected chi connectivity index (χ1v) is 3.10. The van der Waals surface area contributed by atoms with Crippen molar-refractivity contribution in [3.63, 3.8) is 0 Å². The van der Waals surface area contributed by atoms with E-state index in [-0.39, 0.29) is 0 Å². The van der Waals surface area contributed by atoms with Crippen molar-refractivity contribution < 1.29 is 9.59 Å². The van der Waals surface area contributed by atoms with Gasteiger partial charge in [-0.25, -0.2) is 9.59 Å². The van der Waals surface area contributed by atoms with Gasteiger partial charge in [0.05, 0.1) is 0 Å². The average molecular weight is 166 g/mol. The molecular formula is C4H8ClN3O2. The number of alkyl halides is 1. The minimum Gasteiger partial charge on any atom is -0.351 e. The number of imide groups is 1. The van der Waals surface area contributed by atoms with Crippen LogP contribution in [0.1, 0.15) is 0 Å². The zero-order chi connectivity index (χ0) is 7.98. The number of carbonyl (C=O) groups excluding carboxylic acids is 2. The molecule has 0 rings (SSSR count). The second-order valence-electron chi connectivity index (χ2n) is 1.43. The lowest BCUT2D eigenvalue weighted by Crippen LogP contribution is -2.42. The molecule has 0 aliphatic rings. The van der Waals surface area contributed by atoms with Crippen LogP contribution in [-0.4, -0.2) is 24.5 Å². The van der Waals surface area contributed by atoms with Gasteiger partial charge in [0.15, 0.2) is 0 Å². The highest BCUT2D eigenvalue weighted by atomic mass is 35.5. The third kappa shape index (κ3) is 5.17. The summed E-state index contributed by atoms with van der Waals surface area (Å²) in [6, 6.07) is -1.51. The molecule has 0 aliphatic heterocycles. The van der Waals surface area contributed by atoms with Gasteiger partial charge < -0.3 is 11.1 Å². The van der Waals surface area contributed by atoms with Gasteiger partial charge in [-0.1, -0.05) is 0 Å². The number of urea groups is 2. The quantitative estimate of drug-likeness (QED) is 0.487. The van der Waals surface area contributed by atoms with E-state index in [0.29, 0.717) is 12.4 Å². The van der Waals surface area contributed by atoms with E-state index in [2.05, 4.69) is 11.1 Å². The molecular weight excluding hydrogens is 158 g/mol. The lowest BCUT2D eigenvalue weighted by molar-refractivity contribution is 0.232. The predicted octanol–water partition coefficient (Wildman–Crippen LogP) is -0.397. The minimum absolute atomic E-state index is 0.298. The molecule has 0 unspecified atom stereocenters. The third-order valence-electron chi connectivity index (χ3n) is 0.617. The van der Waals surface area contributed by atoms with Gasteiger partial charge >= 0.3 is 12.1 Å². The first-order valence-electron chi connectivity index (χ1n) is 2.57. The fourth-order valence-corrected chi connectivity index (χ4v) is 0.411. The zero-order valence-corrected chi connectivity index (χ0v) is 5.94. The molecule has 0 bridgehead atoms. The number of carbonyl (C=O) groups is 2. The van der Waals surface area contributed by atoms with E-state index < -0.39 is 12.1 Å². The Morgan fingerprint density at radius 3 is 2.50 bits per heavy atom. The van der Waals surface area contributed by atoms with Crippen LogP contribution < -0.4 is 16.4 Å². The van der Waals surface area contributed by atoms with Crippen LogP contribution in [0.25, 0.3) is 0 Å². The molecule has 0 aromatic rings. The Morgan fingerprint density at radius 2 is 2.10 bits per heavy atom. The van der Waals surface area contributed by atoms with Gasteiger partial charge in [0, 0.05) is 12.4 Å². The fraction of sp³-hybridized carbons (Fsp3) is 0.500. The van der Waals surface area contributed by atoms with Crippen LogP contribution in [0.3, 0.4) is 0 Å². The number of nitrogens with two attached hydrogens (primary N) is 1. The Kier molecular flexibility index (Phi) is 4.39. The molecule has 0 atom stereocenters. The smallest absolute Gasteiger partial charge is 0.322 e. The van der Waals surface area contributed by atoms with Crippen molar-refractivity contribution >= 4 is 23.7 Å². The van der Waals surface area contributed by atoms with Gasteiger partial charge in [-0.05, 0) is 0 Å². The third-order valence-corrected chi connectivity index (χ3v) is 0.806. The van der Waals surface area contributed by atoms with Gasteiger partial charge in [-0.2, -0.15) is 0 Å². The number of primary amides is 1. The number of rotatable bonds is 2. The molecule has 10 heavy (non-hydrogen) atoms. The topological polar surface area (TPSA) is 84.2 Å². The van der Waals surface area contributed by atoms with Crippen molar-refractivity contribution in [3.8, 4) is 0 Å². The second kappa shape index (κ2) is 4.87. The molecule has 0 aliphatic carbocycles. The van der Waals surface area contributed by atoms with Crippen molar-refractivity contribution in [1.29, 1.82) is 0 Å². The first-order chi connectivity index (χ1) is 4.66. The summed E-state index contributed by atoms with van der Waals surface area (Å²) in [6.45, 7) is 0.306. The van der Waals surface area contributed by atoms with Crippen LogP contribution in [0.4, 0.5) is 9.59 Å². The summed E-state index contributed by atoms with van der Waals surface area (Å²) in [5.41, 5.74) is 4.62. The van der Waals surface area contributed by atoms with E-state index in [1.165, 1.54) is 0 Å². The Labute approximate surface area is 62.9 Å². The summed E-state index contributed by atoms with van der Waals surface area (Å²) in [6.07, 6.45) is 0. The molecule has 58 valence electrons. The van der Waals surface area contributed by atoms with E-state index in [1.807, 2.05) is 5.32 Å². The maximum absolute atomic E-state index is 10.4. The molecule has 6 heteroatoms. The largest absolute Gasteiger partial charge is 0.351 e. The molecule has 0 radical (unpaired) electrons. The monoisotopic (exact) mass is 165 g/mol. The van der Waals surface area contributed by atoms with Crippen LogP contribution in [0.15, 0.2) is 0 Å². The molecule has 0 fully saturated rings. The number of hydrogen-bond acceptors (Lipinski definition) is 2. The number of hydrogen-bond donors (Lipinski definition) is 3. The average Bonchev–Trinajstić information content (AvgIpc) is 1.82. The second-order valence-corrected chi connectivity index (χ2v) is 1.81. The number of halogens is 1. The van der Waals surface area contributed by atoms with Gasteiger partial charge in [0.2, 0.25) is 0 Å². The highest BCUT2D eigenvalue weighted by Crippen LogP contribution is 1.69. The normalized spacial score (nSPS) is 8.50. The molecule has 0 heterocycles. The fourth-order valence-electron chi connectivity index (χ4n) is 0.317. The van der Waals surface area contributed by atoms with E-state index in [9.17, 15) is 9.59 Å². The SMILES string of the molecule is NC(=O)NC(=O)NCCCl. The van der Waals surface area contributed by atoms with E-state index >= 15 is 0 Å². The van der Waals surface area contributed by atoms with Crippen LogP contribution in [0.2, 0.25) is 0 Å². The lowest BCUT2D eigenvalue weighted by atomic mass is 10.7. The van der Waals surface area contributed by atoms with Crippen LogP contribution in [0, 0.1) is 0 Å². The molecule has 0 aromatic heterocycles. The summed E-state index contributed by atoms with van der Waals surface area (Å²) >= 11 is 5.22. The predicted molar refractivity (Wildman–Crippen MR) is 36.8 cm³/mol. The summed E-state index contributed by atoms with van der Waals surface area (Å²) in [5.74, 6) is 0.298. The summed E-state index contributed by atoms with van der Waals surface area (Å²) in [5, 5.41) is 4.09. The Bertz CT molecular complexity index is 138. The highest BCUT2D eigenvalue weighted by molar-refractivity contribution is 6.18. The maximum atomic E-state index is 10.4. The molecule has 0 saturated heterocycles. The molecule has 5 nitrogen and oxygen atoms in total.